The highest BCUT2D eigenvalue weighted by Gasteiger charge is 2.07. The van der Waals surface area contributed by atoms with Gasteiger partial charge in [0, 0.05) is 30.5 Å². The quantitative estimate of drug-likeness (QED) is 0.437. The summed E-state index contributed by atoms with van der Waals surface area (Å²) in [6.45, 7) is 9.13. The lowest BCUT2D eigenvalue weighted by Crippen LogP contribution is -2.21. The first-order valence-corrected chi connectivity index (χ1v) is 10.0. The molecule has 1 aromatic carbocycles. The zero-order chi connectivity index (χ0) is 21.3. The van der Waals surface area contributed by atoms with Gasteiger partial charge >= 0.3 is 0 Å². The number of rotatable bonds is 10. The number of nitriles is 1. The van der Waals surface area contributed by atoms with Crippen LogP contribution in [0.5, 0.6) is 5.75 Å². The number of aromatic amines is 1. The summed E-state index contributed by atoms with van der Waals surface area (Å²) in [5.74, 6) is 2.60. The van der Waals surface area contributed by atoms with Crippen LogP contribution in [-0.2, 0) is 0 Å². The van der Waals surface area contributed by atoms with Crippen LogP contribution in [0, 0.1) is 18.3 Å². The van der Waals surface area contributed by atoms with Crippen LogP contribution >= 0.6 is 0 Å². The van der Waals surface area contributed by atoms with Gasteiger partial charge in [-0.05, 0) is 57.2 Å². The molecule has 3 aromatic rings. The Morgan fingerprint density at radius 3 is 2.50 bits per heavy atom. The maximum atomic E-state index is 9.35. The van der Waals surface area contributed by atoms with Gasteiger partial charge in [-0.25, -0.2) is 4.98 Å². The first-order chi connectivity index (χ1) is 14.6. The van der Waals surface area contributed by atoms with Gasteiger partial charge in [-0.2, -0.15) is 10.4 Å². The molecule has 0 saturated carbocycles. The molecule has 30 heavy (non-hydrogen) atoms. The molecule has 3 rings (SSSR count). The van der Waals surface area contributed by atoms with E-state index in [-0.39, 0.29) is 0 Å². The predicted molar refractivity (Wildman–Crippen MR) is 120 cm³/mol. The fourth-order valence-electron chi connectivity index (χ4n) is 3.05. The van der Waals surface area contributed by atoms with Crippen molar-refractivity contribution >= 4 is 23.1 Å². The van der Waals surface area contributed by atoms with E-state index in [1.165, 1.54) is 5.69 Å². The lowest BCUT2D eigenvalue weighted by molar-refractivity contribution is 0.333. The molecule has 156 valence electrons. The van der Waals surface area contributed by atoms with Crippen LogP contribution in [0.25, 0.3) is 0 Å². The number of nitrogens with one attached hydrogen (secondary N) is 3. The van der Waals surface area contributed by atoms with Crippen LogP contribution in [-0.4, -0.2) is 41.4 Å². The molecule has 2 heterocycles. The lowest BCUT2D eigenvalue weighted by Gasteiger charge is -2.21. The van der Waals surface area contributed by atoms with Crippen LogP contribution in [0.15, 0.2) is 42.5 Å². The highest BCUT2D eigenvalue weighted by Crippen LogP contribution is 2.20. The molecule has 0 fully saturated rings. The molecular formula is C22H27N7O. The lowest BCUT2D eigenvalue weighted by atomic mass is 10.2. The van der Waals surface area contributed by atoms with Gasteiger partial charge in [0.05, 0.1) is 12.1 Å². The number of benzene rings is 1. The van der Waals surface area contributed by atoms with Crippen LogP contribution in [0.4, 0.5) is 23.1 Å². The van der Waals surface area contributed by atoms with Crippen LogP contribution in [0.2, 0.25) is 0 Å². The Morgan fingerprint density at radius 1 is 1.10 bits per heavy atom. The van der Waals surface area contributed by atoms with Crippen LogP contribution in [0.1, 0.15) is 25.1 Å². The summed E-state index contributed by atoms with van der Waals surface area (Å²) in [7, 11) is 0. The number of ether oxygens (including phenoxy) is 1. The predicted octanol–water partition coefficient (Wildman–Crippen LogP) is 4.07. The Hall–Kier alpha value is -3.73. The minimum atomic E-state index is 0.452. The number of pyridine rings is 1. The van der Waals surface area contributed by atoms with E-state index >= 15 is 0 Å². The van der Waals surface area contributed by atoms with Gasteiger partial charge in [-0.3, -0.25) is 5.10 Å². The Bertz CT molecular complexity index is 987. The molecule has 0 atom stereocenters. The molecular weight excluding hydrogens is 378 g/mol. The van der Waals surface area contributed by atoms with Crippen molar-refractivity contribution in [3.8, 4) is 11.8 Å². The van der Waals surface area contributed by atoms with Gasteiger partial charge in [-0.15, -0.1) is 0 Å². The Balaban J connectivity index is 1.55. The topological polar surface area (TPSA) is 102 Å². The fraction of sp³-hybridized carbons (Fsp3) is 0.318. The van der Waals surface area contributed by atoms with Crippen molar-refractivity contribution in [1.82, 2.24) is 15.2 Å². The average Bonchev–Trinajstić information content (AvgIpc) is 3.18. The largest absolute Gasteiger partial charge is 0.492 e. The van der Waals surface area contributed by atoms with Gasteiger partial charge in [0.15, 0.2) is 5.82 Å². The van der Waals surface area contributed by atoms with E-state index in [9.17, 15) is 5.26 Å². The second kappa shape index (κ2) is 10.2. The van der Waals surface area contributed by atoms with Crippen molar-refractivity contribution in [2.45, 2.75) is 20.8 Å². The van der Waals surface area contributed by atoms with Crippen LogP contribution < -0.4 is 20.3 Å². The van der Waals surface area contributed by atoms with E-state index in [2.05, 4.69) is 62.8 Å². The Labute approximate surface area is 176 Å². The number of nitrogens with zero attached hydrogens (tertiary/aromatic N) is 4. The van der Waals surface area contributed by atoms with Crippen molar-refractivity contribution < 1.29 is 4.74 Å². The standard InChI is InChI=1S/C22H27N7O/c1-4-29(5-2)18-7-9-19(10-8-18)30-13-12-24-22-17(15-23)6-11-20(26-22)25-21-14-16(3)27-28-21/h6-11,14H,4-5,12-13H2,1-3H3,(H3,24,25,26,27,28). The van der Waals surface area contributed by atoms with E-state index in [0.717, 1.165) is 24.5 Å². The van der Waals surface area contributed by atoms with E-state index in [0.29, 0.717) is 36.2 Å². The maximum absolute atomic E-state index is 9.35. The minimum absolute atomic E-state index is 0.452. The molecule has 0 radical (unpaired) electrons. The molecule has 0 spiro atoms. The minimum Gasteiger partial charge on any atom is -0.492 e. The summed E-state index contributed by atoms with van der Waals surface area (Å²) in [5, 5.41) is 22.7. The van der Waals surface area contributed by atoms with Gasteiger partial charge in [0.25, 0.3) is 0 Å². The molecule has 8 heteroatoms. The Morgan fingerprint density at radius 2 is 1.87 bits per heavy atom. The highest BCUT2D eigenvalue weighted by atomic mass is 16.5. The maximum Gasteiger partial charge on any atom is 0.153 e. The first-order valence-electron chi connectivity index (χ1n) is 10.0. The SMILES string of the molecule is CCN(CC)c1ccc(OCCNc2nc(Nc3cc(C)[nH]n3)ccc2C#N)cc1. The zero-order valence-corrected chi connectivity index (χ0v) is 17.6. The van der Waals surface area contributed by atoms with E-state index in [1.807, 2.05) is 25.1 Å². The summed E-state index contributed by atoms with van der Waals surface area (Å²) in [5.41, 5.74) is 2.61. The summed E-state index contributed by atoms with van der Waals surface area (Å²) in [6.07, 6.45) is 0. The molecule has 8 nitrogen and oxygen atoms in total. The molecule has 3 N–H and O–H groups in total. The second-order valence-electron chi connectivity index (χ2n) is 6.71. The molecule has 0 bridgehead atoms. The molecule has 0 unspecified atom stereocenters. The van der Waals surface area contributed by atoms with Crippen molar-refractivity contribution in [3.63, 3.8) is 0 Å². The average molecular weight is 406 g/mol. The summed E-state index contributed by atoms with van der Waals surface area (Å²) >= 11 is 0. The summed E-state index contributed by atoms with van der Waals surface area (Å²) in [4.78, 5) is 6.77. The van der Waals surface area contributed by atoms with Crippen molar-refractivity contribution in [3.05, 3.63) is 53.7 Å². The van der Waals surface area contributed by atoms with Crippen molar-refractivity contribution in [2.75, 3.05) is 41.8 Å². The number of aryl methyl sites for hydroxylation is 1. The van der Waals surface area contributed by atoms with Crippen molar-refractivity contribution in [2.24, 2.45) is 0 Å². The summed E-state index contributed by atoms with van der Waals surface area (Å²) < 4.78 is 5.81. The number of anilines is 4. The monoisotopic (exact) mass is 405 g/mol. The Kier molecular flexibility index (Phi) is 7.11. The first kappa shape index (κ1) is 21.0. The van der Waals surface area contributed by atoms with Gasteiger partial charge in [0.1, 0.15) is 30.1 Å². The zero-order valence-electron chi connectivity index (χ0n) is 17.6. The number of hydrogen-bond donors (Lipinski definition) is 3. The van der Waals surface area contributed by atoms with E-state index in [1.54, 1.807) is 12.1 Å². The van der Waals surface area contributed by atoms with Crippen molar-refractivity contribution in [1.29, 1.82) is 5.26 Å². The third-order valence-electron chi connectivity index (χ3n) is 4.61. The van der Waals surface area contributed by atoms with Gasteiger partial charge < -0.3 is 20.3 Å². The number of H-pyrrole nitrogens is 1. The molecule has 0 aliphatic carbocycles. The number of aromatic nitrogens is 3. The smallest absolute Gasteiger partial charge is 0.153 e. The van der Waals surface area contributed by atoms with Gasteiger partial charge in [0.2, 0.25) is 0 Å². The highest BCUT2D eigenvalue weighted by molar-refractivity contribution is 5.60. The third-order valence-corrected chi connectivity index (χ3v) is 4.61. The third kappa shape index (κ3) is 5.41. The second-order valence-corrected chi connectivity index (χ2v) is 6.71. The molecule has 0 aliphatic heterocycles. The van der Waals surface area contributed by atoms with Crippen LogP contribution in [0.3, 0.4) is 0 Å². The normalized spacial score (nSPS) is 10.3. The van der Waals surface area contributed by atoms with Gasteiger partial charge in [-0.1, -0.05) is 0 Å². The summed E-state index contributed by atoms with van der Waals surface area (Å²) in [6, 6.07) is 15.6. The molecule has 0 amide bonds. The van der Waals surface area contributed by atoms with E-state index < -0.39 is 0 Å². The fourth-order valence-corrected chi connectivity index (χ4v) is 3.05. The molecule has 0 aliphatic rings. The molecule has 2 aromatic heterocycles. The van der Waals surface area contributed by atoms with E-state index in [4.69, 9.17) is 4.74 Å². The molecule has 0 saturated heterocycles. The number of hydrogen-bond acceptors (Lipinski definition) is 7.